The van der Waals surface area contributed by atoms with Crippen LogP contribution in [0.4, 0.5) is 0 Å². The van der Waals surface area contributed by atoms with E-state index in [0.717, 1.165) is 18.5 Å². The van der Waals surface area contributed by atoms with Crippen molar-refractivity contribution in [3.63, 3.8) is 0 Å². The summed E-state index contributed by atoms with van der Waals surface area (Å²) in [5.41, 5.74) is 7.42. The Morgan fingerprint density at radius 3 is 2.67 bits per heavy atom. The Kier molecular flexibility index (Phi) is 4.65. The first kappa shape index (κ1) is 13.0. The molecule has 0 aromatic heterocycles. The summed E-state index contributed by atoms with van der Waals surface area (Å²) in [7, 11) is 0. The Hall–Kier alpha value is -1.48. The minimum absolute atomic E-state index is 0.142. The highest BCUT2D eigenvalue weighted by Gasteiger charge is 2.06. The van der Waals surface area contributed by atoms with Crippen LogP contribution in [0.3, 0.4) is 0 Å². The van der Waals surface area contributed by atoms with Crippen molar-refractivity contribution in [2.75, 3.05) is 0 Å². The minimum Gasteiger partial charge on any atom is -0.303 e. The van der Waals surface area contributed by atoms with Gasteiger partial charge in [-0.1, -0.05) is 24.1 Å². The van der Waals surface area contributed by atoms with Gasteiger partial charge in [0.2, 0.25) is 0 Å². The van der Waals surface area contributed by atoms with Gasteiger partial charge in [0.05, 0.1) is 0 Å². The molecule has 0 atom stereocenters. The maximum absolute atomic E-state index is 11.8. The molecule has 96 valence electrons. The average Bonchev–Trinajstić information content (AvgIpc) is 2.65. The zero-order valence-corrected chi connectivity index (χ0v) is 11.0. The molecule has 2 rings (SSSR count). The molecule has 0 unspecified atom stereocenters. The van der Waals surface area contributed by atoms with E-state index in [-0.39, 0.29) is 5.91 Å². The van der Waals surface area contributed by atoms with Gasteiger partial charge in [-0.15, -0.1) is 0 Å². The normalized spacial score (nSPS) is 15.5. The molecule has 0 spiro atoms. The molecule has 1 aliphatic rings. The van der Waals surface area contributed by atoms with Crippen molar-refractivity contribution >= 4 is 17.5 Å². The van der Waals surface area contributed by atoms with Gasteiger partial charge in [0.25, 0.3) is 5.91 Å². The maximum Gasteiger partial charge on any atom is 0.269 e. The number of rotatable bonds is 3. The molecule has 1 aromatic rings. The third kappa shape index (κ3) is 3.77. The Labute approximate surface area is 112 Å². The maximum atomic E-state index is 11.8. The second-order valence-corrected chi connectivity index (χ2v) is 4.85. The molecule has 3 nitrogen and oxygen atoms in total. The van der Waals surface area contributed by atoms with E-state index in [4.69, 9.17) is 11.6 Å². The molecule has 0 radical (unpaired) electrons. The highest BCUT2D eigenvalue weighted by Crippen LogP contribution is 2.14. The molecule has 0 fully saturated rings. The summed E-state index contributed by atoms with van der Waals surface area (Å²) in [5, 5.41) is 0.631. The molecule has 2 N–H and O–H groups in total. The molecular weight excluding hydrogens is 248 g/mol. The number of hydrogen-bond acceptors (Lipinski definition) is 2. The lowest BCUT2D eigenvalue weighted by molar-refractivity contribution is 0.0938. The van der Waals surface area contributed by atoms with Gasteiger partial charge in [0.1, 0.15) is 0 Å². The quantitative estimate of drug-likeness (QED) is 0.822. The van der Waals surface area contributed by atoms with Crippen molar-refractivity contribution in [3.05, 3.63) is 46.6 Å². The van der Waals surface area contributed by atoms with Crippen molar-refractivity contribution in [1.82, 2.24) is 10.9 Å². The first-order valence-electron chi connectivity index (χ1n) is 6.26. The largest absolute Gasteiger partial charge is 0.303 e. The van der Waals surface area contributed by atoms with Crippen LogP contribution < -0.4 is 10.9 Å². The number of hydrazine groups is 1. The van der Waals surface area contributed by atoms with Gasteiger partial charge in [-0.25, -0.2) is 0 Å². The van der Waals surface area contributed by atoms with E-state index in [2.05, 4.69) is 16.9 Å². The zero-order valence-electron chi connectivity index (χ0n) is 10.2. The fraction of sp³-hybridized carbons (Fsp3) is 0.357. The van der Waals surface area contributed by atoms with Gasteiger partial charge >= 0.3 is 0 Å². The third-order valence-corrected chi connectivity index (χ3v) is 3.24. The van der Waals surface area contributed by atoms with Gasteiger partial charge < -0.3 is 5.43 Å². The summed E-state index contributed by atoms with van der Waals surface area (Å²) in [6.45, 7) is 0. The molecule has 1 aromatic carbocycles. The van der Waals surface area contributed by atoms with Crippen LogP contribution in [-0.4, -0.2) is 5.91 Å². The van der Waals surface area contributed by atoms with E-state index in [0.29, 0.717) is 10.6 Å². The predicted molar refractivity (Wildman–Crippen MR) is 73.2 cm³/mol. The topological polar surface area (TPSA) is 41.1 Å². The number of amides is 1. The van der Waals surface area contributed by atoms with Crippen molar-refractivity contribution in [2.24, 2.45) is 0 Å². The smallest absolute Gasteiger partial charge is 0.269 e. The summed E-state index contributed by atoms with van der Waals surface area (Å²) in [6, 6.07) is 6.84. The van der Waals surface area contributed by atoms with Gasteiger partial charge in [-0.05, 0) is 49.9 Å². The lowest BCUT2D eigenvalue weighted by Crippen LogP contribution is -2.36. The molecule has 0 saturated carbocycles. The van der Waals surface area contributed by atoms with Gasteiger partial charge in [0.15, 0.2) is 0 Å². The number of halogens is 1. The Morgan fingerprint density at radius 1 is 1.11 bits per heavy atom. The SMILES string of the molecule is O=C(NNC1=CCCCCC1)c1ccc(Cl)cc1. The summed E-state index contributed by atoms with van der Waals surface area (Å²) < 4.78 is 0. The fourth-order valence-electron chi connectivity index (χ4n) is 1.94. The highest BCUT2D eigenvalue weighted by atomic mass is 35.5. The standard InChI is InChI=1S/C14H17ClN2O/c15-12-9-7-11(8-10-12)14(18)17-16-13-5-3-1-2-4-6-13/h5,7-10,16H,1-4,6H2,(H,17,18). The first-order chi connectivity index (χ1) is 8.75. The summed E-state index contributed by atoms with van der Waals surface area (Å²) in [5.74, 6) is -0.142. The number of allylic oxidation sites excluding steroid dienone is 2. The number of benzene rings is 1. The Morgan fingerprint density at radius 2 is 1.89 bits per heavy atom. The van der Waals surface area contributed by atoms with E-state index in [9.17, 15) is 4.79 Å². The molecule has 0 bridgehead atoms. The summed E-state index contributed by atoms with van der Waals surface area (Å²) in [4.78, 5) is 11.8. The van der Waals surface area contributed by atoms with Crippen LogP contribution in [0.25, 0.3) is 0 Å². The first-order valence-corrected chi connectivity index (χ1v) is 6.64. The molecule has 0 aliphatic heterocycles. The number of nitrogens with one attached hydrogen (secondary N) is 2. The molecule has 1 aliphatic carbocycles. The zero-order chi connectivity index (χ0) is 12.8. The van der Waals surface area contributed by atoms with Gasteiger partial charge in [-0.3, -0.25) is 10.2 Å². The third-order valence-electron chi connectivity index (χ3n) is 2.98. The van der Waals surface area contributed by atoms with Crippen LogP contribution in [0, 0.1) is 0 Å². The molecule has 0 heterocycles. The van der Waals surface area contributed by atoms with Crippen molar-refractivity contribution in [1.29, 1.82) is 0 Å². The van der Waals surface area contributed by atoms with E-state index < -0.39 is 0 Å². The Bertz CT molecular complexity index is 440. The fourth-order valence-corrected chi connectivity index (χ4v) is 2.06. The van der Waals surface area contributed by atoms with Crippen molar-refractivity contribution < 1.29 is 4.79 Å². The van der Waals surface area contributed by atoms with E-state index in [1.54, 1.807) is 24.3 Å². The van der Waals surface area contributed by atoms with Gasteiger partial charge in [-0.2, -0.15) is 0 Å². The molecule has 1 amide bonds. The van der Waals surface area contributed by atoms with Crippen LogP contribution >= 0.6 is 11.6 Å². The van der Waals surface area contributed by atoms with Crippen molar-refractivity contribution in [3.8, 4) is 0 Å². The lowest BCUT2D eigenvalue weighted by Gasteiger charge is -2.11. The highest BCUT2D eigenvalue weighted by molar-refractivity contribution is 6.30. The number of hydrogen-bond donors (Lipinski definition) is 2. The monoisotopic (exact) mass is 264 g/mol. The van der Waals surface area contributed by atoms with Crippen LogP contribution in [-0.2, 0) is 0 Å². The number of carbonyl (C=O) groups is 1. The van der Waals surface area contributed by atoms with Crippen LogP contribution in [0.1, 0.15) is 42.5 Å². The lowest BCUT2D eigenvalue weighted by atomic mass is 10.2. The predicted octanol–water partition coefficient (Wildman–Crippen LogP) is 3.42. The van der Waals surface area contributed by atoms with Crippen LogP contribution in [0.15, 0.2) is 36.0 Å². The molecule has 18 heavy (non-hydrogen) atoms. The minimum atomic E-state index is -0.142. The van der Waals surface area contributed by atoms with E-state index in [1.165, 1.54) is 19.3 Å². The van der Waals surface area contributed by atoms with E-state index >= 15 is 0 Å². The van der Waals surface area contributed by atoms with Crippen LogP contribution in [0.5, 0.6) is 0 Å². The summed E-state index contributed by atoms with van der Waals surface area (Å²) in [6.07, 6.45) is 7.91. The second-order valence-electron chi connectivity index (χ2n) is 4.41. The Balaban J connectivity index is 1.87. The van der Waals surface area contributed by atoms with Crippen LogP contribution in [0.2, 0.25) is 5.02 Å². The summed E-state index contributed by atoms with van der Waals surface area (Å²) >= 11 is 5.78. The second kappa shape index (κ2) is 6.45. The average molecular weight is 265 g/mol. The van der Waals surface area contributed by atoms with E-state index in [1.807, 2.05) is 0 Å². The molecular formula is C14H17ClN2O. The number of carbonyl (C=O) groups excluding carboxylic acids is 1. The molecule has 0 saturated heterocycles. The van der Waals surface area contributed by atoms with Crippen molar-refractivity contribution in [2.45, 2.75) is 32.1 Å². The molecule has 4 heteroatoms. The van der Waals surface area contributed by atoms with Gasteiger partial charge in [0, 0.05) is 16.3 Å².